The number of anilines is 2. The number of benzene rings is 2. The second-order valence-electron chi connectivity index (χ2n) is 5.65. The molecular formula is C18H19N5OS. The molecule has 0 bridgehead atoms. The number of nitrogens with zero attached hydrogens (tertiary/aromatic N) is 3. The van der Waals surface area contributed by atoms with Gasteiger partial charge in [-0.1, -0.05) is 35.0 Å². The molecular weight excluding hydrogens is 334 g/mol. The Kier molecular flexibility index (Phi) is 5.04. The van der Waals surface area contributed by atoms with Crippen molar-refractivity contribution in [3.8, 4) is 0 Å². The Labute approximate surface area is 150 Å². The van der Waals surface area contributed by atoms with Gasteiger partial charge in [-0.05, 0) is 43.0 Å². The summed E-state index contributed by atoms with van der Waals surface area (Å²) >= 11 is 1.68. The van der Waals surface area contributed by atoms with E-state index in [1.807, 2.05) is 61.7 Å². The van der Waals surface area contributed by atoms with Gasteiger partial charge in [-0.2, -0.15) is 0 Å². The molecule has 1 amide bonds. The van der Waals surface area contributed by atoms with Crippen LogP contribution in [0, 0.1) is 6.92 Å². The summed E-state index contributed by atoms with van der Waals surface area (Å²) in [5.41, 5.74) is 9.04. The highest BCUT2D eigenvalue weighted by Crippen LogP contribution is 2.17. The zero-order valence-electron chi connectivity index (χ0n) is 14.1. The number of nitrogen functional groups attached to an aromatic ring is 1. The van der Waals surface area contributed by atoms with Crippen LogP contribution >= 0.6 is 11.8 Å². The lowest BCUT2D eigenvalue weighted by molar-refractivity contribution is 0.102. The maximum Gasteiger partial charge on any atom is 0.280 e. The molecule has 0 aliphatic carbocycles. The lowest BCUT2D eigenvalue weighted by Crippen LogP contribution is -2.15. The lowest BCUT2D eigenvalue weighted by Gasteiger charge is -2.06. The van der Waals surface area contributed by atoms with Gasteiger partial charge in [-0.3, -0.25) is 4.79 Å². The topological polar surface area (TPSA) is 85.8 Å². The molecule has 0 radical (unpaired) electrons. The zero-order chi connectivity index (χ0) is 17.8. The number of nitrogens with two attached hydrogens (primary N) is 1. The zero-order valence-corrected chi connectivity index (χ0v) is 14.9. The second-order valence-corrected chi connectivity index (χ2v) is 6.53. The van der Waals surface area contributed by atoms with Crippen molar-refractivity contribution in [3.63, 3.8) is 0 Å². The fourth-order valence-corrected chi connectivity index (χ4v) is 2.74. The first-order valence-corrected chi connectivity index (χ1v) is 8.99. The Balaban J connectivity index is 1.73. The highest BCUT2D eigenvalue weighted by atomic mass is 32.2. The van der Waals surface area contributed by atoms with Crippen molar-refractivity contribution in [3.05, 3.63) is 65.4 Å². The number of aromatic nitrogens is 3. The van der Waals surface area contributed by atoms with Crippen LogP contribution in [0.15, 0.2) is 53.4 Å². The quantitative estimate of drug-likeness (QED) is 0.688. The minimum absolute atomic E-state index is 0.126. The maximum absolute atomic E-state index is 12.4. The molecule has 0 saturated heterocycles. The average molecular weight is 353 g/mol. The molecule has 2 aromatic carbocycles. The average Bonchev–Trinajstić information content (AvgIpc) is 2.98. The molecule has 0 atom stereocenters. The molecule has 25 heavy (non-hydrogen) atoms. The fourth-order valence-electron chi connectivity index (χ4n) is 2.33. The van der Waals surface area contributed by atoms with E-state index in [1.165, 1.54) is 9.58 Å². The summed E-state index contributed by atoms with van der Waals surface area (Å²) in [6.45, 7) is 2.45. The maximum atomic E-state index is 12.4. The van der Waals surface area contributed by atoms with Crippen LogP contribution in [0.4, 0.5) is 11.5 Å². The molecule has 6 nitrogen and oxygen atoms in total. The highest BCUT2D eigenvalue weighted by molar-refractivity contribution is 7.98. The normalized spacial score (nSPS) is 10.6. The summed E-state index contributed by atoms with van der Waals surface area (Å²) < 4.78 is 1.53. The van der Waals surface area contributed by atoms with E-state index in [0.29, 0.717) is 12.2 Å². The van der Waals surface area contributed by atoms with Crippen LogP contribution in [0.5, 0.6) is 0 Å². The van der Waals surface area contributed by atoms with Gasteiger partial charge >= 0.3 is 0 Å². The van der Waals surface area contributed by atoms with Crippen LogP contribution in [0.3, 0.4) is 0 Å². The monoisotopic (exact) mass is 353 g/mol. The third kappa shape index (κ3) is 4.00. The summed E-state index contributed by atoms with van der Waals surface area (Å²) in [4.78, 5) is 13.5. The van der Waals surface area contributed by atoms with Gasteiger partial charge in [0.2, 0.25) is 0 Å². The van der Waals surface area contributed by atoms with Crippen molar-refractivity contribution in [2.45, 2.75) is 18.4 Å². The van der Waals surface area contributed by atoms with Gasteiger partial charge < -0.3 is 11.1 Å². The predicted molar refractivity (Wildman–Crippen MR) is 101 cm³/mol. The molecule has 0 aliphatic heterocycles. The van der Waals surface area contributed by atoms with E-state index in [9.17, 15) is 4.79 Å². The number of hydrogen-bond donors (Lipinski definition) is 2. The van der Waals surface area contributed by atoms with Gasteiger partial charge in [-0.25, -0.2) is 4.68 Å². The van der Waals surface area contributed by atoms with Crippen LogP contribution in [-0.4, -0.2) is 27.2 Å². The summed E-state index contributed by atoms with van der Waals surface area (Å²) in [6, 6.07) is 15.6. The number of rotatable bonds is 5. The van der Waals surface area contributed by atoms with Crippen molar-refractivity contribution >= 4 is 29.2 Å². The third-order valence-corrected chi connectivity index (χ3v) is 4.53. The standard InChI is InChI=1S/C18H19N5OS/c1-12-3-7-14(8-4-12)20-18(24)16-17(19)23(22-21-16)11-13-5-9-15(25-2)10-6-13/h3-10H,11,19H2,1-2H3,(H,20,24). The summed E-state index contributed by atoms with van der Waals surface area (Å²) in [7, 11) is 0. The van der Waals surface area contributed by atoms with E-state index in [1.54, 1.807) is 11.8 Å². The predicted octanol–water partition coefficient (Wildman–Crippen LogP) is 3.19. The minimum atomic E-state index is -0.370. The van der Waals surface area contributed by atoms with Gasteiger partial charge in [-0.15, -0.1) is 16.9 Å². The third-order valence-electron chi connectivity index (χ3n) is 3.79. The number of nitrogens with one attached hydrogen (secondary N) is 1. The molecule has 3 rings (SSSR count). The van der Waals surface area contributed by atoms with E-state index in [2.05, 4.69) is 15.6 Å². The van der Waals surface area contributed by atoms with Crippen LogP contribution in [0.25, 0.3) is 0 Å². The number of carbonyl (C=O) groups excluding carboxylic acids is 1. The minimum Gasteiger partial charge on any atom is -0.382 e. The molecule has 0 unspecified atom stereocenters. The summed E-state index contributed by atoms with van der Waals surface area (Å²) in [5, 5.41) is 10.7. The molecule has 3 aromatic rings. The molecule has 1 heterocycles. The van der Waals surface area contributed by atoms with Crippen LogP contribution in [0.2, 0.25) is 0 Å². The Bertz CT molecular complexity index is 871. The number of aryl methyl sites for hydroxylation is 1. The van der Waals surface area contributed by atoms with Crippen molar-refractivity contribution in [1.29, 1.82) is 0 Å². The largest absolute Gasteiger partial charge is 0.382 e. The molecule has 0 aliphatic rings. The van der Waals surface area contributed by atoms with E-state index in [0.717, 1.165) is 11.1 Å². The number of amides is 1. The van der Waals surface area contributed by atoms with Gasteiger partial charge in [0.05, 0.1) is 6.54 Å². The van der Waals surface area contributed by atoms with Gasteiger partial charge in [0.25, 0.3) is 5.91 Å². The van der Waals surface area contributed by atoms with Crippen molar-refractivity contribution in [1.82, 2.24) is 15.0 Å². The summed E-state index contributed by atoms with van der Waals surface area (Å²) in [5.74, 6) is -0.121. The molecule has 3 N–H and O–H groups in total. The molecule has 0 saturated carbocycles. The van der Waals surface area contributed by atoms with Crippen LogP contribution in [-0.2, 0) is 6.54 Å². The molecule has 1 aromatic heterocycles. The smallest absolute Gasteiger partial charge is 0.280 e. The highest BCUT2D eigenvalue weighted by Gasteiger charge is 2.17. The van der Waals surface area contributed by atoms with Crippen molar-refractivity contribution in [2.24, 2.45) is 0 Å². The van der Waals surface area contributed by atoms with Gasteiger partial charge in [0.15, 0.2) is 11.5 Å². The first kappa shape index (κ1) is 17.0. The lowest BCUT2D eigenvalue weighted by atomic mass is 10.2. The Morgan fingerprint density at radius 1 is 1.16 bits per heavy atom. The molecule has 0 spiro atoms. The summed E-state index contributed by atoms with van der Waals surface area (Å²) in [6.07, 6.45) is 2.03. The molecule has 7 heteroatoms. The van der Waals surface area contributed by atoms with E-state index in [-0.39, 0.29) is 17.4 Å². The molecule has 0 fully saturated rings. The Morgan fingerprint density at radius 2 is 1.84 bits per heavy atom. The van der Waals surface area contributed by atoms with Crippen molar-refractivity contribution in [2.75, 3.05) is 17.3 Å². The van der Waals surface area contributed by atoms with Crippen LogP contribution in [0.1, 0.15) is 21.6 Å². The number of carbonyl (C=O) groups is 1. The van der Waals surface area contributed by atoms with Gasteiger partial charge in [0, 0.05) is 10.6 Å². The van der Waals surface area contributed by atoms with Gasteiger partial charge in [0.1, 0.15) is 0 Å². The van der Waals surface area contributed by atoms with Crippen LogP contribution < -0.4 is 11.1 Å². The fraction of sp³-hybridized carbons (Fsp3) is 0.167. The first-order chi connectivity index (χ1) is 12.1. The number of thioether (sulfide) groups is 1. The van der Waals surface area contributed by atoms with E-state index in [4.69, 9.17) is 5.73 Å². The molecule has 128 valence electrons. The first-order valence-electron chi connectivity index (χ1n) is 7.76. The van der Waals surface area contributed by atoms with Crippen molar-refractivity contribution < 1.29 is 4.79 Å². The Morgan fingerprint density at radius 3 is 2.48 bits per heavy atom. The van der Waals surface area contributed by atoms with E-state index >= 15 is 0 Å². The number of hydrogen-bond acceptors (Lipinski definition) is 5. The SMILES string of the molecule is CSc1ccc(Cn2nnc(C(=O)Nc3ccc(C)cc3)c2N)cc1. The Hall–Kier alpha value is -2.80. The second kappa shape index (κ2) is 7.40. The van der Waals surface area contributed by atoms with E-state index < -0.39 is 0 Å².